The van der Waals surface area contributed by atoms with E-state index in [-0.39, 0.29) is 0 Å². The lowest BCUT2D eigenvalue weighted by atomic mass is 10.1. The first-order valence-corrected chi connectivity index (χ1v) is 17.7. The molecule has 0 bridgehead atoms. The molecule has 0 amide bonds. The lowest BCUT2D eigenvalue weighted by Gasteiger charge is -2.00. The van der Waals surface area contributed by atoms with Crippen molar-refractivity contribution >= 4 is 118 Å². The number of Topliss-reactive ketones (excluding diaryl/α,β-unsaturated/α-hetero) is 6. The summed E-state index contributed by atoms with van der Waals surface area (Å²) in [6.07, 6.45) is -4.92. The number of carboxylic acid groups (broad SMARTS) is 14. The molecular formula is C34H48N4O34. The summed E-state index contributed by atoms with van der Waals surface area (Å²) >= 11 is 0. The van der Waals surface area contributed by atoms with E-state index in [1.54, 1.807) is 0 Å². The van der Waals surface area contributed by atoms with Crippen molar-refractivity contribution < 1.29 is 167 Å². The number of nitrogens with two attached hydrogens (primary N) is 4. The van der Waals surface area contributed by atoms with Crippen LogP contribution in [0.15, 0.2) is 0 Å². The van der Waals surface area contributed by atoms with Crippen molar-refractivity contribution in [3.8, 4) is 0 Å². The van der Waals surface area contributed by atoms with E-state index in [4.69, 9.17) is 94.4 Å². The molecule has 0 aliphatic heterocycles. The normalized spacial score (nSPS) is 10.5. The highest BCUT2D eigenvalue weighted by atomic mass is 16.4. The summed E-state index contributed by atoms with van der Waals surface area (Å²) in [5.74, 6) is -25.6. The third-order valence-corrected chi connectivity index (χ3v) is 5.44. The largest absolute Gasteiger partial charge is 0.481 e. The van der Waals surface area contributed by atoms with Crippen LogP contribution in [0.3, 0.4) is 0 Å². The lowest BCUT2D eigenvalue weighted by molar-refractivity contribution is -0.152. The van der Waals surface area contributed by atoms with Crippen LogP contribution in [0.4, 0.5) is 0 Å². The number of carboxylic acids is 14. The van der Waals surface area contributed by atoms with Crippen molar-refractivity contribution in [2.75, 3.05) is 0 Å². The number of carbonyl (C=O) groups excluding carboxylic acids is 6. The molecule has 0 aromatic rings. The fourth-order valence-corrected chi connectivity index (χ4v) is 1.94. The summed E-state index contributed by atoms with van der Waals surface area (Å²) in [5, 5.41) is 111. The van der Waals surface area contributed by atoms with Crippen molar-refractivity contribution in [1.82, 2.24) is 0 Å². The molecular weight excluding hydrogens is 1010 g/mol. The van der Waals surface area contributed by atoms with Crippen LogP contribution in [-0.2, 0) is 95.9 Å². The monoisotopic (exact) mass is 1060 g/mol. The molecule has 0 fully saturated rings. The second kappa shape index (κ2) is 45.2. The lowest BCUT2D eigenvalue weighted by Crippen LogP contribution is -2.39. The van der Waals surface area contributed by atoms with Gasteiger partial charge in [-0.3, -0.25) is 76.7 Å². The summed E-state index contributed by atoms with van der Waals surface area (Å²) in [6, 6.07) is -5.48. The minimum atomic E-state index is -1.73. The molecule has 4 atom stereocenters. The highest BCUT2D eigenvalue weighted by Crippen LogP contribution is 1.92. The van der Waals surface area contributed by atoms with Gasteiger partial charge in [0.05, 0.1) is 19.3 Å². The Labute approximate surface area is 398 Å². The Hall–Kier alpha value is -9.56. The van der Waals surface area contributed by atoms with E-state index in [2.05, 4.69) is 0 Å². The van der Waals surface area contributed by atoms with Crippen molar-refractivity contribution in [3.05, 3.63) is 0 Å². The summed E-state index contributed by atoms with van der Waals surface area (Å²) in [6.45, 7) is 2.42. The van der Waals surface area contributed by atoms with Gasteiger partial charge in [0.15, 0.2) is 23.7 Å². The van der Waals surface area contributed by atoms with E-state index < -0.39 is 194 Å². The maximum absolute atomic E-state index is 10.5. The van der Waals surface area contributed by atoms with Gasteiger partial charge >= 0.3 is 83.6 Å². The maximum atomic E-state index is 10.5. The van der Waals surface area contributed by atoms with E-state index in [0.29, 0.717) is 0 Å². The number of rotatable bonds is 24. The highest BCUT2D eigenvalue weighted by molar-refractivity contribution is 6.35. The number of hydrogen-bond donors (Lipinski definition) is 18. The predicted molar refractivity (Wildman–Crippen MR) is 217 cm³/mol. The van der Waals surface area contributed by atoms with Crippen molar-refractivity contribution in [2.24, 2.45) is 22.9 Å². The Bertz CT molecular complexity index is 1910. The Morgan fingerprint density at radius 1 is 0.333 bits per heavy atom. The first-order chi connectivity index (χ1) is 32.3. The molecule has 72 heavy (non-hydrogen) atoms. The van der Waals surface area contributed by atoms with Crippen LogP contribution in [0.1, 0.15) is 65.2 Å². The Morgan fingerprint density at radius 2 is 0.583 bits per heavy atom. The Morgan fingerprint density at radius 3 is 0.694 bits per heavy atom. The molecule has 0 aromatic carbocycles. The summed E-state index contributed by atoms with van der Waals surface area (Å²) in [7, 11) is 0. The fraction of sp³-hybridized carbons (Fsp3) is 0.412. The topological polar surface area (TPSA) is 729 Å². The van der Waals surface area contributed by atoms with E-state index in [1.807, 2.05) is 0 Å². The second-order valence-corrected chi connectivity index (χ2v) is 11.8. The summed E-state index contributed by atoms with van der Waals surface area (Å²) in [4.78, 5) is 197. The van der Waals surface area contributed by atoms with E-state index >= 15 is 0 Å². The molecule has 408 valence electrons. The van der Waals surface area contributed by atoms with Gasteiger partial charge in [-0.15, -0.1) is 0 Å². The molecule has 38 nitrogen and oxygen atoms in total. The molecule has 0 aliphatic carbocycles. The van der Waals surface area contributed by atoms with Gasteiger partial charge in [0.2, 0.25) is 17.3 Å². The minimum Gasteiger partial charge on any atom is -0.481 e. The molecule has 0 aromatic heterocycles. The first kappa shape index (κ1) is 79.5. The van der Waals surface area contributed by atoms with Gasteiger partial charge in [-0.2, -0.15) is 0 Å². The standard InChI is InChI=1S/2C5H7NO5.2C5H6O5.C4H7NO4.C4H4O5.C3H7NO2.C3H4O3/c2*6-4(5(10)11)2(7)1-3(8)9;2*6-3(5(9)10)1-2-4(7)8;2*5-2(4(8)9)1-3(6)7;2*1-2(4)3(5)6/h2*4H,1,6H2,(H,8,9)(H,10,11);2*1-2H2,(H,7,8)(H,9,10);2H,1,5H2,(H,6,7)(H,8,9);1H2,(H,6,7)(H,8,9);2H,4H2,1H3,(H,5,6);1H3,(H,5,6). The average Bonchev–Trinajstić information content (AvgIpc) is 3.21. The Kier molecular flexibility index (Phi) is 50.0. The third kappa shape index (κ3) is 67.0. The van der Waals surface area contributed by atoms with Gasteiger partial charge in [-0.1, -0.05) is 0 Å². The molecule has 0 rings (SSSR count). The third-order valence-electron chi connectivity index (χ3n) is 5.44. The van der Waals surface area contributed by atoms with Crippen LogP contribution in [0.5, 0.6) is 0 Å². The van der Waals surface area contributed by atoms with Crippen LogP contribution in [0.2, 0.25) is 0 Å². The van der Waals surface area contributed by atoms with Gasteiger partial charge < -0.3 is 94.4 Å². The van der Waals surface area contributed by atoms with Gasteiger partial charge in [-0.05, 0) is 6.92 Å². The van der Waals surface area contributed by atoms with Crippen molar-refractivity contribution in [2.45, 2.75) is 89.4 Å². The van der Waals surface area contributed by atoms with Gasteiger partial charge in [0.25, 0.3) is 5.78 Å². The molecule has 38 heteroatoms. The summed E-state index contributed by atoms with van der Waals surface area (Å²) in [5.41, 5.74) is 19.3. The van der Waals surface area contributed by atoms with Crippen LogP contribution in [0, 0.1) is 0 Å². The molecule has 0 saturated heterocycles. The SMILES string of the molecule is CC(=O)C(=O)O.CC(N)C(=O)O.NC(C(=O)O)C(=O)CC(=O)O.NC(C(=O)O)C(=O)CC(=O)O.NC(CC(=O)O)C(=O)O.O=C(O)CC(=O)C(=O)O.O=C(O)CCC(=O)C(=O)O.O=C(O)CCC(=O)C(=O)O. The van der Waals surface area contributed by atoms with E-state index in [9.17, 15) is 95.9 Å². The Balaban J connectivity index is -0.000000109. The molecule has 0 aliphatic rings. The summed E-state index contributed by atoms with van der Waals surface area (Å²) < 4.78 is 0. The van der Waals surface area contributed by atoms with Gasteiger partial charge in [0, 0.05) is 19.8 Å². The van der Waals surface area contributed by atoms with Gasteiger partial charge in [0.1, 0.15) is 31.3 Å². The van der Waals surface area contributed by atoms with Crippen LogP contribution < -0.4 is 22.9 Å². The zero-order valence-electron chi connectivity index (χ0n) is 36.7. The second-order valence-electron chi connectivity index (χ2n) is 11.8. The van der Waals surface area contributed by atoms with Crippen molar-refractivity contribution in [3.63, 3.8) is 0 Å². The fourth-order valence-electron chi connectivity index (χ4n) is 1.94. The molecule has 0 heterocycles. The minimum absolute atomic E-state index is 0.425. The first-order valence-electron chi connectivity index (χ1n) is 17.7. The quantitative estimate of drug-likeness (QED) is 0.0315. The molecule has 0 spiro atoms. The van der Waals surface area contributed by atoms with E-state index in [1.165, 1.54) is 6.92 Å². The number of hydrogen-bond acceptors (Lipinski definition) is 24. The van der Waals surface area contributed by atoms with Crippen LogP contribution in [-0.4, -0.2) is 214 Å². The van der Waals surface area contributed by atoms with Crippen LogP contribution >= 0.6 is 0 Å². The molecule has 22 N–H and O–H groups in total. The predicted octanol–water partition coefficient (Wildman–Crippen LogP) is -7.04. The van der Waals surface area contributed by atoms with E-state index in [0.717, 1.165) is 6.92 Å². The highest BCUT2D eigenvalue weighted by Gasteiger charge is 2.24. The number of aliphatic carboxylic acids is 14. The number of carbonyl (C=O) groups is 20. The zero-order chi connectivity index (χ0) is 59.5. The molecule has 0 radical (unpaired) electrons. The molecule has 4 unspecified atom stereocenters. The van der Waals surface area contributed by atoms with Gasteiger partial charge in [-0.25, -0.2) is 19.2 Å². The smallest absolute Gasteiger partial charge is 0.372 e. The average molecular weight is 1060 g/mol. The van der Waals surface area contributed by atoms with Crippen LogP contribution in [0.25, 0.3) is 0 Å². The maximum Gasteiger partial charge on any atom is 0.372 e. The number of ketones is 6. The molecule has 0 saturated carbocycles. The zero-order valence-corrected chi connectivity index (χ0v) is 36.7. The van der Waals surface area contributed by atoms with Crippen molar-refractivity contribution in [1.29, 1.82) is 0 Å².